The minimum Gasteiger partial charge on any atom is -0.345 e. The van der Waals surface area contributed by atoms with Gasteiger partial charge in [0, 0.05) is 19.7 Å². The molecule has 5 nitrogen and oxygen atoms in total. The van der Waals surface area contributed by atoms with Gasteiger partial charge >= 0.3 is 0 Å². The summed E-state index contributed by atoms with van der Waals surface area (Å²) in [5.41, 5.74) is 0.967. The maximum Gasteiger partial charge on any atom is 0.287 e. The third kappa shape index (κ3) is 3.43. The third-order valence-corrected chi connectivity index (χ3v) is 3.63. The van der Waals surface area contributed by atoms with Gasteiger partial charge < -0.3 is 4.90 Å². The van der Waals surface area contributed by atoms with E-state index in [9.17, 15) is 9.59 Å². The first-order valence-electron chi connectivity index (χ1n) is 6.12. The van der Waals surface area contributed by atoms with E-state index in [0.29, 0.717) is 5.56 Å². The first kappa shape index (κ1) is 15.5. The molecule has 0 fully saturated rings. The number of benzene rings is 1. The zero-order chi connectivity index (χ0) is 15.6. The summed E-state index contributed by atoms with van der Waals surface area (Å²) >= 11 is 11.5. The molecule has 0 bridgehead atoms. The van der Waals surface area contributed by atoms with E-state index >= 15 is 0 Å². The van der Waals surface area contributed by atoms with E-state index in [1.165, 1.54) is 15.8 Å². The number of carbonyl (C=O) groups is 1. The van der Waals surface area contributed by atoms with E-state index in [-0.39, 0.29) is 22.5 Å². The second-order valence-electron chi connectivity index (χ2n) is 4.67. The van der Waals surface area contributed by atoms with Crippen LogP contribution < -0.4 is 5.56 Å². The van der Waals surface area contributed by atoms with E-state index in [1.807, 2.05) is 0 Å². The fourth-order valence-electron chi connectivity index (χ4n) is 1.74. The second kappa shape index (κ2) is 6.28. The van der Waals surface area contributed by atoms with Gasteiger partial charge in [0.15, 0.2) is 0 Å². The molecule has 2 aromatic rings. The molecule has 1 heterocycles. The largest absolute Gasteiger partial charge is 0.345 e. The van der Waals surface area contributed by atoms with Crippen molar-refractivity contribution in [1.82, 2.24) is 14.7 Å². The lowest BCUT2D eigenvalue weighted by molar-refractivity contribution is 0.0827. The van der Waals surface area contributed by atoms with Crippen molar-refractivity contribution in [3.05, 3.63) is 62.0 Å². The molecule has 0 N–H and O–H groups in total. The van der Waals surface area contributed by atoms with Gasteiger partial charge in [0.2, 0.25) is 0 Å². The van der Waals surface area contributed by atoms with Crippen molar-refractivity contribution in [2.75, 3.05) is 14.1 Å². The van der Waals surface area contributed by atoms with Gasteiger partial charge in [0.05, 0.1) is 17.8 Å². The van der Waals surface area contributed by atoms with Crippen LogP contribution in [-0.2, 0) is 6.54 Å². The topological polar surface area (TPSA) is 55.2 Å². The normalized spacial score (nSPS) is 10.5. The highest BCUT2D eigenvalue weighted by molar-refractivity contribution is 6.41. The van der Waals surface area contributed by atoms with Crippen LogP contribution in [0.25, 0.3) is 0 Å². The molecule has 0 aliphatic heterocycles. The summed E-state index contributed by atoms with van der Waals surface area (Å²) in [6, 6.07) is 6.96. The van der Waals surface area contributed by atoms with Gasteiger partial charge in [-0.3, -0.25) is 9.59 Å². The van der Waals surface area contributed by atoms with Crippen molar-refractivity contribution in [2.24, 2.45) is 0 Å². The highest BCUT2D eigenvalue weighted by Gasteiger charge is 2.10. The van der Waals surface area contributed by atoms with E-state index in [2.05, 4.69) is 5.10 Å². The number of halogens is 2. The highest BCUT2D eigenvalue weighted by Crippen LogP contribution is 2.15. The van der Waals surface area contributed by atoms with Crippen LogP contribution in [0.15, 0.2) is 35.3 Å². The van der Waals surface area contributed by atoms with Gasteiger partial charge in [0.1, 0.15) is 5.02 Å². The minimum absolute atomic E-state index is 0.0499. The first-order chi connectivity index (χ1) is 9.90. The van der Waals surface area contributed by atoms with Gasteiger partial charge in [0.25, 0.3) is 11.5 Å². The fourth-order valence-corrected chi connectivity index (χ4v) is 2.01. The van der Waals surface area contributed by atoms with Gasteiger partial charge in [-0.1, -0.05) is 35.3 Å². The molecule has 0 saturated carbocycles. The number of hydrogen-bond acceptors (Lipinski definition) is 3. The quantitative estimate of drug-likeness (QED) is 0.870. The SMILES string of the molecule is CN(C)C(=O)c1ccc(Cn2ncc(Cl)c(Cl)c2=O)cc1. The fraction of sp³-hybridized carbons (Fsp3) is 0.214. The summed E-state index contributed by atoms with van der Waals surface area (Å²) in [4.78, 5) is 25.2. The molecule has 1 amide bonds. The zero-order valence-electron chi connectivity index (χ0n) is 11.5. The Bertz CT molecular complexity index is 724. The van der Waals surface area contributed by atoms with Crippen molar-refractivity contribution in [3.8, 4) is 0 Å². The van der Waals surface area contributed by atoms with E-state index in [0.717, 1.165) is 5.56 Å². The number of rotatable bonds is 3. The average Bonchev–Trinajstić information content (AvgIpc) is 2.48. The van der Waals surface area contributed by atoms with E-state index in [4.69, 9.17) is 23.2 Å². The third-order valence-electron chi connectivity index (χ3n) is 2.88. The Hall–Kier alpha value is -1.85. The van der Waals surface area contributed by atoms with Crippen LogP contribution >= 0.6 is 23.2 Å². The zero-order valence-corrected chi connectivity index (χ0v) is 13.0. The maximum atomic E-state index is 11.9. The molecule has 7 heteroatoms. The summed E-state index contributed by atoms with van der Waals surface area (Å²) < 4.78 is 1.22. The number of nitrogens with zero attached hydrogens (tertiary/aromatic N) is 3. The molecule has 0 unspecified atom stereocenters. The van der Waals surface area contributed by atoms with Crippen LogP contribution in [0.3, 0.4) is 0 Å². The van der Waals surface area contributed by atoms with Crippen molar-refractivity contribution in [1.29, 1.82) is 0 Å². The number of aromatic nitrogens is 2. The standard InChI is InChI=1S/C14H13Cl2N3O2/c1-18(2)13(20)10-5-3-9(4-6-10)8-19-14(21)12(16)11(15)7-17-19/h3-7H,8H2,1-2H3. The molecule has 0 saturated heterocycles. The summed E-state index contributed by atoms with van der Waals surface area (Å²) in [7, 11) is 3.38. The van der Waals surface area contributed by atoms with Gasteiger partial charge in [-0.25, -0.2) is 4.68 Å². The number of carbonyl (C=O) groups excluding carboxylic acids is 1. The van der Waals surface area contributed by atoms with Crippen LogP contribution in [0, 0.1) is 0 Å². The average molecular weight is 326 g/mol. The van der Waals surface area contributed by atoms with Crippen LogP contribution in [0.4, 0.5) is 0 Å². The van der Waals surface area contributed by atoms with E-state index in [1.54, 1.807) is 38.4 Å². The number of amides is 1. The van der Waals surface area contributed by atoms with Crippen LogP contribution in [-0.4, -0.2) is 34.7 Å². The molecular weight excluding hydrogens is 313 g/mol. The predicted molar refractivity (Wildman–Crippen MR) is 82.1 cm³/mol. The summed E-state index contributed by atoms with van der Waals surface area (Å²) in [5, 5.41) is 4.01. The first-order valence-corrected chi connectivity index (χ1v) is 6.87. The smallest absolute Gasteiger partial charge is 0.287 e. The molecule has 0 aliphatic rings. The van der Waals surface area contributed by atoms with Gasteiger partial charge in [-0.05, 0) is 17.7 Å². The lowest BCUT2D eigenvalue weighted by Gasteiger charge is -2.11. The summed E-state index contributed by atoms with van der Waals surface area (Å²) in [6.07, 6.45) is 1.33. The minimum atomic E-state index is -0.447. The van der Waals surface area contributed by atoms with Crippen molar-refractivity contribution >= 4 is 29.1 Å². The molecule has 110 valence electrons. The molecule has 0 aliphatic carbocycles. The van der Waals surface area contributed by atoms with Crippen LogP contribution in [0.2, 0.25) is 10.0 Å². The molecule has 1 aromatic carbocycles. The van der Waals surface area contributed by atoms with Gasteiger partial charge in [-0.15, -0.1) is 0 Å². The molecule has 0 atom stereocenters. The molecule has 21 heavy (non-hydrogen) atoms. The molecule has 1 aromatic heterocycles. The highest BCUT2D eigenvalue weighted by atomic mass is 35.5. The Morgan fingerprint density at radius 1 is 1.24 bits per heavy atom. The van der Waals surface area contributed by atoms with Crippen LogP contribution in [0.1, 0.15) is 15.9 Å². The molecular formula is C14H13Cl2N3O2. The Balaban J connectivity index is 2.24. The Morgan fingerprint density at radius 2 is 1.86 bits per heavy atom. The van der Waals surface area contributed by atoms with Crippen molar-refractivity contribution in [3.63, 3.8) is 0 Å². The summed E-state index contributed by atoms with van der Waals surface area (Å²) in [6.45, 7) is 0.256. The molecule has 0 spiro atoms. The summed E-state index contributed by atoms with van der Waals surface area (Å²) in [5.74, 6) is -0.0774. The Morgan fingerprint density at radius 3 is 2.43 bits per heavy atom. The lowest BCUT2D eigenvalue weighted by Crippen LogP contribution is -2.24. The molecule has 2 rings (SSSR count). The van der Waals surface area contributed by atoms with Crippen LogP contribution in [0.5, 0.6) is 0 Å². The Labute approximate surface area is 131 Å². The lowest BCUT2D eigenvalue weighted by atomic mass is 10.1. The van der Waals surface area contributed by atoms with Crippen molar-refractivity contribution in [2.45, 2.75) is 6.54 Å². The van der Waals surface area contributed by atoms with Crippen molar-refractivity contribution < 1.29 is 4.79 Å². The Kier molecular flexibility index (Phi) is 4.65. The predicted octanol–water partition coefficient (Wildman–Crippen LogP) is 2.30. The molecule has 0 radical (unpaired) electrons. The monoisotopic (exact) mass is 325 g/mol. The van der Waals surface area contributed by atoms with Gasteiger partial charge in [-0.2, -0.15) is 5.10 Å². The van der Waals surface area contributed by atoms with E-state index < -0.39 is 5.56 Å². The number of hydrogen-bond donors (Lipinski definition) is 0. The second-order valence-corrected chi connectivity index (χ2v) is 5.45. The maximum absolute atomic E-state index is 11.9.